The maximum atomic E-state index is 6.27. The average molecular weight is 429 g/mol. The fraction of sp³-hybridized carbons (Fsp3) is 0.357. The van der Waals surface area contributed by atoms with Gasteiger partial charge in [0.1, 0.15) is 12.4 Å². The van der Waals surface area contributed by atoms with Crippen molar-refractivity contribution in [2.75, 3.05) is 37.7 Å². The number of hydrogen-bond donors (Lipinski definition) is 0. The van der Waals surface area contributed by atoms with Crippen LogP contribution >= 0.6 is 0 Å². The van der Waals surface area contributed by atoms with Crippen molar-refractivity contribution in [2.45, 2.75) is 31.5 Å². The lowest BCUT2D eigenvalue weighted by Crippen LogP contribution is -2.48. The number of fused-ring (bicyclic) bond motifs is 1. The van der Waals surface area contributed by atoms with Crippen LogP contribution in [-0.2, 0) is 11.3 Å². The van der Waals surface area contributed by atoms with Crippen molar-refractivity contribution in [1.29, 1.82) is 0 Å². The molecule has 1 fully saturated rings. The number of rotatable bonds is 8. The van der Waals surface area contributed by atoms with Gasteiger partial charge in [0.2, 0.25) is 0 Å². The van der Waals surface area contributed by atoms with Gasteiger partial charge in [-0.05, 0) is 49.2 Å². The monoisotopic (exact) mass is 428 g/mol. The van der Waals surface area contributed by atoms with Crippen molar-refractivity contribution < 1.29 is 9.47 Å². The van der Waals surface area contributed by atoms with Crippen LogP contribution in [0.15, 0.2) is 84.9 Å². The minimum absolute atomic E-state index is 0.199. The molecule has 4 heteroatoms. The third-order valence-electron chi connectivity index (χ3n) is 6.62. The molecule has 2 aliphatic heterocycles. The molecule has 0 bridgehead atoms. The number of anilines is 1. The normalized spacial score (nSPS) is 19.4. The summed E-state index contributed by atoms with van der Waals surface area (Å²) in [6.07, 6.45) is 2.55. The molecule has 5 rings (SSSR count). The van der Waals surface area contributed by atoms with Crippen LogP contribution in [0.4, 0.5) is 5.69 Å². The molecule has 0 aromatic heterocycles. The van der Waals surface area contributed by atoms with Gasteiger partial charge in [0, 0.05) is 6.54 Å². The van der Waals surface area contributed by atoms with E-state index in [1.807, 2.05) is 0 Å². The van der Waals surface area contributed by atoms with Crippen molar-refractivity contribution in [1.82, 2.24) is 4.90 Å². The zero-order valence-electron chi connectivity index (χ0n) is 18.6. The maximum absolute atomic E-state index is 6.27. The van der Waals surface area contributed by atoms with Crippen LogP contribution < -0.4 is 9.64 Å². The zero-order chi connectivity index (χ0) is 21.6. The summed E-state index contributed by atoms with van der Waals surface area (Å²) in [5.74, 6) is 0.977. The third-order valence-corrected chi connectivity index (χ3v) is 6.62. The van der Waals surface area contributed by atoms with Crippen molar-refractivity contribution in [3.05, 3.63) is 96.1 Å². The Morgan fingerprint density at radius 2 is 1.53 bits per heavy atom. The Kier molecular flexibility index (Phi) is 6.71. The van der Waals surface area contributed by atoms with E-state index < -0.39 is 0 Å². The van der Waals surface area contributed by atoms with Gasteiger partial charge in [-0.2, -0.15) is 0 Å². The SMILES string of the molecule is c1ccc(COCC(CN2c3ccccc3OCC2c2ccccc2)N2CCCC2)cc1. The van der Waals surface area contributed by atoms with Gasteiger partial charge in [0.25, 0.3) is 0 Å². The molecule has 166 valence electrons. The molecule has 0 spiro atoms. The van der Waals surface area contributed by atoms with Crippen LogP contribution in [0, 0.1) is 0 Å². The molecule has 3 aromatic rings. The smallest absolute Gasteiger partial charge is 0.142 e. The number of para-hydroxylation sites is 2. The first-order valence-electron chi connectivity index (χ1n) is 11.8. The van der Waals surface area contributed by atoms with Crippen molar-refractivity contribution >= 4 is 5.69 Å². The number of hydrogen-bond acceptors (Lipinski definition) is 4. The summed E-state index contributed by atoms with van der Waals surface area (Å²) in [4.78, 5) is 5.16. The molecule has 2 atom stereocenters. The second kappa shape index (κ2) is 10.2. The highest BCUT2D eigenvalue weighted by Gasteiger charge is 2.33. The van der Waals surface area contributed by atoms with Gasteiger partial charge < -0.3 is 14.4 Å². The predicted molar refractivity (Wildman–Crippen MR) is 129 cm³/mol. The third kappa shape index (κ3) is 4.82. The van der Waals surface area contributed by atoms with Crippen molar-refractivity contribution in [3.63, 3.8) is 0 Å². The first-order chi connectivity index (χ1) is 15.9. The first kappa shape index (κ1) is 21.0. The molecule has 3 aromatic carbocycles. The topological polar surface area (TPSA) is 24.9 Å². The predicted octanol–water partition coefficient (Wildman–Crippen LogP) is 5.31. The highest BCUT2D eigenvalue weighted by Crippen LogP contribution is 2.39. The Labute approximate surface area is 191 Å². The standard InChI is InChI=1S/C28H32N2O2/c1-3-11-23(12-4-1)20-31-21-25(29-17-9-10-18-29)19-30-26-15-7-8-16-28(26)32-22-27(30)24-13-5-2-6-14-24/h1-8,11-16,25,27H,9-10,17-22H2. The highest BCUT2D eigenvalue weighted by atomic mass is 16.5. The second-order valence-corrected chi connectivity index (χ2v) is 8.76. The van der Waals surface area contributed by atoms with E-state index in [0.717, 1.165) is 32.0 Å². The zero-order valence-corrected chi connectivity index (χ0v) is 18.6. The molecule has 0 radical (unpaired) electrons. The molecule has 4 nitrogen and oxygen atoms in total. The Morgan fingerprint density at radius 3 is 2.31 bits per heavy atom. The Balaban J connectivity index is 1.37. The molecule has 32 heavy (non-hydrogen) atoms. The van der Waals surface area contributed by atoms with Crippen LogP contribution in [0.1, 0.15) is 30.0 Å². The first-order valence-corrected chi connectivity index (χ1v) is 11.8. The van der Waals surface area contributed by atoms with Crippen molar-refractivity contribution in [3.8, 4) is 5.75 Å². The molecule has 2 aliphatic rings. The molecule has 0 aliphatic carbocycles. The lowest BCUT2D eigenvalue weighted by atomic mass is 10.0. The van der Waals surface area contributed by atoms with E-state index in [-0.39, 0.29) is 6.04 Å². The summed E-state index contributed by atoms with van der Waals surface area (Å²) in [5, 5.41) is 0. The summed E-state index contributed by atoms with van der Waals surface area (Å²) in [6.45, 7) is 5.29. The van der Waals surface area contributed by atoms with E-state index in [2.05, 4.69) is 94.7 Å². The van der Waals surface area contributed by atoms with E-state index in [0.29, 0.717) is 19.3 Å². The Hall–Kier alpha value is -2.82. The molecule has 0 amide bonds. The Morgan fingerprint density at radius 1 is 0.844 bits per heavy atom. The van der Waals surface area contributed by atoms with Gasteiger partial charge in [0.05, 0.1) is 31.0 Å². The van der Waals surface area contributed by atoms with E-state index in [4.69, 9.17) is 9.47 Å². The maximum Gasteiger partial charge on any atom is 0.142 e. The molecule has 0 N–H and O–H groups in total. The molecular formula is C28H32N2O2. The fourth-order valence-corrected chi connectivity index (χ4v) is 4.91. The van der Waals surface area contributed by atoms with Crippen LogP contribution in [0.5, 0.6) is 5.75 Å². The summed E-state index contributed by atoms with van der Waals surface area (Å²) < 4.78 is 12.4. The van der Waals surface area contributed by atoms with Crippen LogP contribution in [-0.4, -0.2) is 43.8 Å². The van der Waals surface area contributed by atoms with Gasteiger partial charge in [-0.15, -0.1) is 0 Å². The average Bonchev–Trinajstić information content (AvgIpc) is 3.40. The molecule has 2 unspecified atom stereocenters. The second-order valence-electron chi connectivity index (χ2n) is 8.76. The van der Waals surface area contributed by atoms with Gasteiger partial charge >= 0.3 is 0 Å². The summed E-state index contributed by atoms with van der Waals surface area (Å²) in [5.41, 5.74) is 3.71. The van der Waals surface area contributed by atoms with Crippen LogP contribution in [0.2, 0.25) is 0 Å². The van der Waals surface area contributed by atoms with E-state index in [9.17, 15) is 0 Å². The van der Waals surface area contributed by atoms with Gasteiger partial charge in [-0.1, -0.05) is 72.8 Å². The minimum atomic E-state index is 0.199. The Bertz CT molecular complexity index is 973. The number of nitrogens with zero attached hydrogens (tertiary/aromatic N) is 2. The van der Waals surface area contributed by atoms with Gasteiger partial charge in [-0.25, -0.2) is 0 Å². The highest BCUT2D eigenvalue weighted by molar-refractivity contribution is 5.61. The van der Waals surface area contributed by atoms with E-state index in [1.165, 1.54) is 29.7 Å². The number of benzene rings is 3. The molecule has 2 heterocycles. The van der Waals surface area contributed by atoms with Gasteiger partial charge in [-0.3, -0.25) is 4.90 Å². The van der Waals surface area contributed by atoms with Crippen molar-refractivity contribution in [2.24, 2.45) is 0 Å². The lowest BCUT2D eigenvalue weighted by Gasteiger charge is -2.42. The van der Waals surface area contributed by atoms with Crippen LogP contribution in [0.25, 0.3) is 0 Å². The molecule has 0 saturated carbocycles. The fourth-order valence-electron chi connectivity index (χ4n) is 4.91. The summed E-state index contributed by atoms with van der Waals surface area (Å²) in [7, 11) is 0. The van der Waals surface area contributed by atoms with E-state index >= 15 is 0 Å². The molecular weight excluding hydrogens is 396 g/mol. The number of likely N-dealkylation sites (tertiary alicyclic amines) is 1. The quantitative estimate of drug-likeness (QED) is 0.486. The largest absolute Gasteiger partial charge is 0.489 e. The van der Waals surface area contributed by atoms with Crippen LogP contribution in [0.3, 0.4) is 0 Å². The van der Waals surface area contributed by atoms with E-state index in [1.54, 1.807) is 0 Å². The molecule has 1 saturated heterocycles. The summed E-state index contributed by atoms with van der Waals surface area (Å²) >= 11 is 0. The summed E-state index contributed by atoms with van der Waals surface area (Å²) in [6, 6.07) is 30.2. The van der Waals surface area contributed by atoms with Gasteiger partial charge in [0.15, 0.2) is 0 Å². The lowest BCUT2D eigenvalue weighted by molar-refractivity contribution is 0.0599. The number of ether oxygens (including phenoxy) is 2. The minimum Gasteiger partial charge on any atom is -0.489 e.